The topological polar surface area (TPSA) is 6.48 Å². The van der Waals surface area contributed by atoms with Gasteiger partial charge in [-0.3, -0.25) is 0 Å². The third-order valence-electron chi connectivity index (χ3n) is 10.2. The van der Waals surface area contributed by atoms with Crippen LogP contribution in [0.2, 0.25) is 0 Å². The first-order valence-electron chi connectivity index (χ1n) is 20.5. The highest BCUT2D eigenvalue weighted by Gasteiger charge is 2.24. The van der Waals surface area contributed by atoms with Crippen LogP contribution in [0.3, 0.4) is 0 Å². The van der Waals surface area contributed by atoms with E-state index in [2.05, 4.69) is 162 Å². The van der Waals surface area contributed by atoms with Crippen molar-refractivity contribution in [3.05, 3.63) is 142 Å². The molecule has 0 saturated carbocycles. The number of anilines is 6. The maximum Gasteiger partial charge on any atom is 0.0525 e. The minimum atomic E-state index is 1.07. The van der Waals surface area contributed by atoms with Crippen LogP contribution in [0.15, 0.2) is 97.1 Å². The number of hydrogen-bond acceptors (Lipinski definition) is 2. The van der Waals surface area contributed by atoms with E-state index in [9.17, 15) is 0 Å². The van der Waals surface area contributed by atoms with Crippen molar-refractivity contribution >= 4 is 34.1 Å². The minimum Gasteiger partial charge on any atom is -0.310 e. The normalized spacial score (nSPS) is 11.2. The van der Waals surface area contributed by atoms with Crippen LogP contribution < -0.4 is 9.80 Å². The second kappa shape index (κ2) is 19.0. The Morgan fingerprint density at radius 2 is 0.558 bits per heavy atom. The van der Waals surface area contributed by atoms with Crippen LogP contribution in [0.1, 0.15) is 125 Å². The van der Waals surface area contributed by atoms with Gasteiger partial charge in [0.05, 0.1) is 11.4 Å². The molecule has 5 aromatic rings. The van der Waals surface area contributed by atoms with Gasteiger partial charge in [-0.1, -0.05) is 140 Å². The summed E-state index contributed by atoms with van der Waals surface area (Å²) in [6.45, 7) is 18.2. The van der Waals surface area contributed by atoms with Gasteiger partial charge >= 0.3 is 0 Å². The predicted octanol–water partition coefficient (Wildman–Crippen LogP) is 15.0. The molecule has 0 aliphatic heterocycles. The number of hydrogen-bond donors (Lipinski definition) is 0. The molecule has 5 rings (SSSR count). The smallest absolute Gasteiger partial charge is 0.0525 e. The maximum atomic E-state index is 2.55. The molecule has 0 spiro atoms. The third kappa shape index (κ3) is 9.19. The Bertz CT molecular complexity index is 1660. The van der Waals surface area contributed by atoms with Gasteiger partial charge in [-0.05, 0) is 134 Å². The lowest BCUT2D eigenvalue weighted by atomic mass is 9.93. The Morgan fingerprint density at radius 1 is 0.327 bits per heavy atom. The summed E-state index contributed by atoms with van der Waals surface area (Å²) in [5.41, 5.74) is 18.9. The fraction of sp³-hybridized carbons (Fsp3) is 0.400. The monoisotopic (exact) mass is 693 g/mol. The van der Waals surface area contributed by atoms with Gasteiger partial charge < -0.3 is 9.80 Å². The molecule has 0 unspecified atom stereocenters. The summed E-state index contributed by atoms with van der Waals surface area (Å²) < 4.78 is 0. The lowest BCUT2D eigenvalue weighted by molar-refractivity contribution is 0.867. The molecule has 0 radical (unpaired) electrons. The Kier molecular flexibility index (Phi) is 14.2. The molecule has 0 saturated heterocycles. The van der Waals surface area contributed by atoms with E-state index in [1.807, 2.05) is 0 Å². The lowest BCUT2D eigenvalue weighted by Crippen LogP contribution is -2.17. The largest absolute Gasteiger partial charge is 0.310 e. The molecule has 0 bridgehead atoms. The van der Waals surface area contributed by atoms with E-state index in [0.717, 1.165) is 64.2 Å². The summed E-state index contributed by atoms with van der Waals surface area (Å²) in [4.78, 5) is 5.10. The zero-order valence-corrected chi connectivity index (χ0v) is 33.6. The summed E-state index contributed by atoms with van der Waals surface area (Å²) in [5, 5.41) is 0. The second-order valence-corrected chi connectivity index (χ2v) is 14.9. The van der Waals surface area contributed by atoms with Crippen LogP contribution in [-0.2, 0) is 38.5 Å². The van der Waals surface area contributed by atoms with Gasteiger partial charge in [-0.2, -0.15) is 0 Å². The van der Waals surface area contributed by atoms with Gasteiger partial charge in [-0.15, -0.1) is 0 Å². The summed E-state index contributed by atoms with van der Waals surface area (Å²) in [6, 6.07) is 37.7. The maximum absolute atomic E-state index is 2.55. The van der Waals surface area contributed by atoms with Gasteiger partial charge in [0, 0.05) is 22.7 Å². The molecule has 274 valence electrons. The Hall–Kier alpha value is -4.30. The molecule has 0 N–H and O–H groups in total. The summed E-state index contributed by atoms with van der Waals surface area (Å²) >= 11 is 0. The van der Waals surface area contributed by atoms with Gasteiger partial charge in [0.15, 0.2) is 0 Å². The van der Waals surface area contributed by atoms with Gasteiger partial charge in [-0.25, -0.2) is 0 Å². The molecule has 2 nitrogen and oxygen atoms in total. The average molecular weight is 693 g/mol. The van der Waals surface area contributed by atoms with Crippen molar-refractivity contribution in [2.75, 3.05) is 9.80 Å². The highest BCUT2D eigenvalue weighted by molar-refractivity contribution is 5.85. The molecule has 0 aliphatic rings. The van der Waals surface area contributed by atoms with E-state index in [-0.39, 0.29) is 0 Å². The number of benzene rings is 5. The Morgan fingerprint density at radius 3 is 0.788 bits per heavy atom. The van der Waals surface area contributed by atoms with E-state index in [1.54, 1.807) is 0 Å². The Labute approximate surface area is 316 Å². The van der Waals surface area contributed by atoms with E-state index in [1.165, 1.54) is 91.5 Å². The highest BCUT2D eigenvalue weighted by atomic mass is 15.2. The van der Waals surface area contributed by atoms with Gasteiger partial charge in [0.1, 0.15) is 0 Å². The number of rotatable bonds is 18. The van der Waals surface area contributed by atoms with Crippen molar-refractivity contribution in [1.29, 1.82) is 0 Å². The van der Waals surface area contributed by atoms with Crippen LogP contribution in [0.25, 0.3) is 0 Å². The summed E-state index contributed by atoms with van der Waals surface area (Å²) in [7, 11) is 0. The molecule has 52 heavy (non-hydrogen) atoms. The predicted molar refractivity (Wildman–Crippen MR) is 229 cm³/mol. The average Bonchev–Trinajstić information content (AvgIpc) is 3.13. The van der Waals surface area contributed by atoms with Gasteiger partial charge in [0.25, 0.3) is 0 Å². The first-order valence-corrected chi connectivity index (χ1v) is 20.5. The molecular formula is C50H64N2. The van der Waals surface area contributed by atoms with Crippen molar-refractivity contribution in [3.63, 3.8) is 0 Å². The molecule has 0 aromatic heterocycles. The third-order valence-corrected chi connectivity index (χ3v) is 10.2. The highest BCUT2D eigenvalue weighted by Crippen LogP contribution is 2.45. The molecule has 0 aliphatic carbocycles. The quantitative estimate of drug-likeness (QED) is 0.0902. The van der Waals surface area contributed by atoms with Crippen molar-refractivity contribution < 1.29 is 0 Å². The number of aryl methyl sites for hydroxylation is 8. The second-order valence-electron chi connectivity index (χ2n) is 14.9. The molecular weight excluding hydrogens is 629 g/mol. The van der Waals surface area contributed by atoms with Crippen LogP contribution in [0.4, 0.5) is 34.1 Å². The molecule has 5 aromatic carbocycles. The number of nitrogens with zero attached hydrogens (tertiary/aromatic N) is 2. The van der Waals surface area contributed by atoms with Crippen LogP contribution >= 0.6 is 0 Å². The van der Waals surface area contributed by atoms with E-state index in [0.29, 0.717) is 0 Å². The fourth-order valence-corrected chi connectivity index (χ4v) is 7.90. The van der Waals surface area contributed by atoms with Crippen molar-refractivity contribution in [2.45, 2.75) is 132 Å². The van der Waals surface area contributed by atoms with E-state index < -0.39 is 0 Å². The van der Waals surface area contributed by atoms with Gasteiger partial charge in [0.2, 0.25) is 0 Å². The SMILES string of the molecule is CCCc1cc(CCC)c(N(c2ccc(C)cc2)c2ccc(N(c3ccc(C)cc3)c3c(CCC)cc(CCC)cc3CCC)cc2)c(CCC)c1. The standard InChI is InChI=1S/C50H64N2/c1-9-15-39-33-41(17-11-3)49(42(34-39)18-12-4)51(45-25-21-37(7)22-26-45)47-29-31-48(32-30-47)52(46-27-23-38(8)24-28-46)50-43(19-13-5)35-40(16-10-2)36-44(50)20-14-6/h21-36H,9-20H2,1-8H3. The molecule has 0 fully saturated rings. The minimum absolute atomic E-state index is 1.07. The van der Waals surface area contributed by atoms with E-state index in [4.69, 9.17) is 0 Å². The molecule has 2 heteroatoms. The van der Waals surface area contributed by atoms with Crippen molar-refractivity contribution in [1.82, 2.24) is 0 Å². The Balaban J connectivity index is 1.74. The summed E-state index contributed by atoms with van der Waals surface area (Å²) in [6.07, 6.45) is 13.3. The first-order chi connectivity index (χ1) is 25.3. The molecule has 0 atom stereocenters. The lowest BCUT2D eigenvalue weighted by Gasteiger charge is -2.33. The van der Waals surface area contributed by atoms with Crippen LogP contribution in [0, 0.1) is 13.8 Å². The first kappa shape index (κ1) is 38.9. The van der Waals surface area contributed by atoms with Crippen molar-refractivity contribution in [2.24, 2.45) is 0 Å². The summed E-state index contributed by atoms with van der Waals surface area (Å²) in [5.74, 6) is 0. The zero-order chi connectivity index (χ0) is 37.0. The molecule has 0 amide bonds. The molecule has 0 heterocycles. The zero-order valence-electron chi connectivity index (χ0n) is 33.6. The van der Waals surface area contributed by atoms with Crippen molar-refractivity contribution in [3.8, 4) is 0 Å². The van der Waals surface area contributed by atoms with E-state index >= 15 is 0 Å². The van der Waals surface area contributed by atoms with Crippen LogP contribution in [-0.4, -0.2) is 0 Å². The van der Waals surface area contributed by atoms with Crippen LogP contribution in [0.5, 0.6) is 0 Å². The fourth-order valence-electron chi connectivity index (χ4n) is 7.90.